The quantitative estimate of drug-likeness (QED) is 0.802. The van der Waals surface area contributed by atoms with E-state index in [1.165, 1.54) is 0 Å². The second-order valence-corrected chi connectivity index (χ2v) is 4.97. The van der Waals surface area contributed by atoms with Crippen LogP contribution < -0.4 is 10.5 Å². The highest BCUT2D eigenvalue weighted by Crippen LogP contribution is 2.28. The highest BCUT2D eigenvalue weighted by molar-refractivity contribution is 5.99. The van der Waals surface area contributed by atoms with E-state index in [9.17, 15) is 9.90 Å². The third-order valence-corrected chi connectivity index (χ3v) is 3.82. The van der Waals surface area contributed by atoms with E-state index < -0.39 is 0 Å². The fourth-order valence-electron chi connectivity index (χ4n) is 2.54. The van der Waals surface area contributed by atoms with Crippen molar-refractivity contribution in [3.05, 3.63) is 23.8 Å². The average Bonchev–Trinajstić information content (AvgIpc) is 2.79. The molecule has 5 nitrogen and oxygen atoms in total. The van der Waals surface area contributed by atoms with Crippen molar-refractivity contribution < 1.29 is 14.6 Å². The summed E-state index contributed by atoms with van der Waals surface area (Å²) in [5, 5.41) is 9.42. The van der Waals surface area contributed by atoms with E-state index in [1.807, 2.05) is 6.92 Å². The highest BCUT2D eigenvalue weighted by Gasteiger charge is 2.34. The summed E-state index contributed by atoms with van der Waals surface area (Å²) in [6.45, 7) is 2.68. The van der Waals surface area contributed by atoms with Crippen molar-refractivity contribution in [1.82, 2.24) is 4.90 Å². The number of ether oxygens (including phenoxy) is 1. The minimum Gasteiger partial charge on any atom is -0.497 e. The molecule has 104 valence electrons. The lowest BCUT2D eigenvalue weighted by Gasteiger charge is -2.25. The summed E-state index contributed by atoms with van der Waals surface area (Å²) in [5.74, 6) is 0.769. The first-order chi connectivity index (χ1) is 9.08. The smallest absolute Gasteiger partial charge is 0.256 e. The van der Waals surface area contributed by atoms with Crippen LogP contribution >= 0.6 is 0 Å². The van der Waals surface area contributed by atoms with E-state index >= 15 is 0 Å². The van der Waals surface area contributed by atoms with Crippen LogP contribution in [0.4, 0.5) is 5.69 Å². The number of nitrogens with two attached hydrogens (primary N) is 1. The molecule has 1 fully saturated rings. The molecule has 1 heterocycles. The number of benzene rings is 1. The minimum absolute atomic E-state index is 0.0171. The second-order valence-electron chi connectivity index (χ2n) is 4.97. The van der Waals surface area contributed by atoms with Gasteiger partial charge in [-0.05, 0) is 30.5 Å². The van der Waals surface area contributed by atoms with Gasteiger partial charge >= 0.3 is 0 Å². The van der Waals surface area contributed by atoms with Crippen LogP contribution in [-0.2, 0) is 0 Å². The SMILES string of the molecule is COc1ccc(N)c(C(=O)N2CCC(C)C2CO)c1. The molecule has 1 aliphatic rings. The van der Waals surface area contributed by atoms with E-state index in [2.05, 4.69) is 0 Å². The van der Waals surface area contributed by atoms with Crippen LogP contribution in [0.2, 0.25) is 0 Å². The Morgan fingerprint density at radius 1 is 1.58 bits per heavy atom. The Hall–Kier alpha value is -1.75. The van der Waals surface area contributed by atoms with E-state index in [0.29, 0.717) is 29.5 Å². The predicted molar refractivity (Wildman–Crippen MR) is 73.1 cm³/mol. The molecule has 0 aromatic heterocycles. The molecule has 0 saturated carbocycles. The van der Waals surface area contributed by atoms with Gasteiger partial charge < -0.3 is 20.5 Å². The maximum absolute atomic E-state index is 12.5. The number of anilines is 1. The first kappa shape index (κ1) is 13.7. The summed E-state index contributed by atoms with van der Waals surface area (Å²) < 4.78 is 5.12. The molecule has 0 spiro atoms. The fraction of sp³-hybridized carbons (Fsp3) is 0.500. The number of amides is 1. The van der Waals surface area contributed by atoms with Gasteiger partial charge in [-0.25, -0.2) is 0 Å². The van der Waals surface area contributed by atoms with Crippen molar-refractivity contribution in [2.24, 2.45) is 5.92 Å². The number of rotatable bonds is 3. The number of methoxy groups -OCH3 is 1. The molecule has 0 aliphatic carbocycles. The second kappa shape index (κ2) is 5.48. The van der Waals surface area contributed by atoms with Crippen LogP contribution in [0, 0.1) is 5.92 Å². The number of aliphatic hydroxyl groups excluding tert-OH is 1. The van der Waals surface area contributed by atoms with Crippen molar-refractivity contribution in [3.8, 4) is 5.75 Å². The van der Waals surface area contributed by atoms with Crippen LogP contribution in [0.3, 0.4) is 0 Å². The number of likely N-dealkylation sites (tertiary alicyclic amines) is 1. The summed E-state index contributed by atoms with van der Waals surface area (Å²) in [4.78, 5) is 14.2. The van der Waals surface area contributed by atoms with Gasteiger partial charge in [0.25, 0.3) is 5.91 Å². The summed E-state index contributed by atoms with van der Waals surface area (Å²) in [5.41, 5.74) is 6.74. The van der Waals surface area contributed by atoms with E-state index in [4.69, 9.17) is 10.5 Å². The largest absolute Gasteiger partial charge is 0.497 e. The number of nitrogen functional groups attached to an aromatic ring is 1. The third-order valence-electron chi connectivity index (χ3n) is 3.82. The molecule has 19 heavy (non-hydrogen) atoms. The molecule has 1 aromatic carbocycles. The van der Waals surface area contributed by atoms with Crippen molar-refractivity contribution in [3.63, 3.8) is 0 Å². The van der Waals surface area contributed by atoms with Gasteiger partial charge in [0.05, 0.1) is 25.3 Å². The Morgan fingerprint density at radius 3 is 2.95 bits per heavy atom. The van der Waals surface area contributed by atoms with Crippen LogP contribution in [0.25, 0.3) is 0 Å². The van der Waals surface area contributed by atoms with Gasteiger partial charge in [-0.2, -0.15) is 0 Å². The maximum atomic E-state index is 12.5. The van der Waals surface area contributed by atoms with Gasteiger partial charge in [-0.3, -0.25) is 4.79 Å². The Bertz CT molecular complexity index is 476. The first-order valence-electron chi connectivity index (χ1n) is 6.43. The third kappa shape index (κ3) is 2.51. The molecule has 1 aromatic rings. The molecule has 1 saturated heterocycles. The van der Waals surface area contributed by atoms with E-state index in [0.717, 1.165) is 6.42 Å². The maximum Gasteiger partial charge on any atom is 0.256 e. The summed E-state index contributed by atoms with van der Waals surface area (Å²) in [7, 11) is 1.55. The van der Waals surface area contributed by atoms with Crippen molar-refractivity contribution in [2.45, 2.75) is 19.4 Å². The van der Waals surface area contributed by atoms with Crippen LogP contribution in [0.15, 0.2) is 18.2 Å². The van der Waals surface area contributed by atoms with Crippen LogP contribution in [-0.4, -0.2) is 42.2 Å². The zero-order valence-corrected chi connectivity index (χ0v) is 11.3. The molecule has 0 bridgehead atoms. The molecule has 2 atom stereocenters. The standard InChI is InChI=1S/C14H20N2O3/c1-9-5-6-16(13(9)8-17)14(18)11-7-10(19-2)3-4-12(11)15/h3-4,7,9,13,17H,5-6,8,15H2,1-2H3. The van der Waals surface area contributed by atoms with Gasteiger partial charge in [0.2, 0.25) is 0 Å². The number of carbonyl (C=O) groups excluding carboxylic acids is 1. The molecular formula is C14H20N2O3. The van der Waals surface area contributed by atoms with Crippen molar-refractivity contribution >= 4 is 11.6 Å². The number of hydrogen-bond donors (Lipinski definition) is 2. The summed E-state index contributed by atoms with van der Waals surface area (Å²) in [6.07, 6.45) is 0.904. The van der Waals surface area contributed by atoms with E-state index in [-0.39, 0.29) is 18.6 Å². The average molecular weight is 264 g/mol. The van der Waals surface area contributed by atoms with Gasteiger partial charge in [0.15, 0.2) is 0 Å². The van der Waals surface area contributed by atoms with E-state index in [1.54, 1.807) is 30.2 Å². The zero-order chi connectivity index (χ0) is 14.0. The number of aliphatic hydroxyl groups is 1. The minimum atomic E-state index is -0.139. The van der Waals surface area contributed by atoms with Crippen LogP contribution in [0.1, 0.15) is 23.7 Å². The van der Waals surface area contributed by atoms with Gasteiger partial charge in [0, 0.05) is 12.2 Å². The molecule has 2 rings (SSSR count). The lowest BCUT2D eigenvalue weighted by atomic mass is 10.0. The highest BCUT2D eigenvalue weighted by atomic mass is 16.5. The van der Waals surface area contributed by atoms with Gasteiger partial charge in [-0.15, -0.1) is 0 Å². The Balaban J connectivity index is 2.29. The lowest BCUT2D eigenvalue weighted by Crippen LogP contribution is -2.40. The first-order valence-corrected chi connectivity index (χ1v) is 6.43. The summed E-state index contributed by atoms with van der Waals surface area (Å²) >= 11 is 0. The Morgan fingerprint density at radius 2 is 2.32 bits per heavy atom. The normalized spacial score (nSPS) is 22.6. The number of carbonyl (C=O) groups is 1. The predicted octanol–water partition coefficient (Wildman–Crippen LogP) is 1.12. The summed E-state index contributed by atoms with van der Waals surface area (Å²) in [6, 6.07) is 4.91. The molecule has 3 N–H and O–H groups in total. The molecule has 5 heteroatoms. The topological polar surface area (TPSA) is 75.8 Å². The molecule has 1 amide bonds. The molecular weight excluding hydrogens is 244 g/mol. The van der Waals surface area contributed by atoms with Crippen LogP contribution in [0.5, 0.6) is 5.75 Å². The van der Waals surface area contributed by atoms with Gasteiger partial charge in [-0.1, -0.05) is 6.92 Å². The Kier molecular flexibility index (Phi) is 3.95. The Labute approximate surface area is 113 Å². The number of hydrogen-bond acceptors (Lipinski definition) is 4. The molecule has 2 unspecified atom stereocenters. The fourth-order valence-corrected chi connectivity index (χ4v) is 2.54. The molecule has 1 aliphatic heterocycles. The zero-order valence-electron chi connectivity index (χ0n) is 11.3. The van der Waals surface area contributed by atoms with Gasteiger partial charge in [0.1, 0.15) is 5.75 Å². The molecule has 0 radical (unpaired) electrons. The van der Waals surface area contributed by atoms with Crippen molar-refractivity contribution in [2.75, 3.05) is 26.0 Å². The number of nitrogens with zero attached hydrogens (tertiary/aromatic N) is 1. The van der Waals surface area contributed by atoms with Crippen molar-refractivity contribution in [1.29, 1.82) is 0 Å². The lowest BCUT2D eigenvalue weighted by molar-refractivity contribution is 0.0649. The monoisotopic (exact) mass is 264 g/mol.